The number of benzene rings is 2. The summed E-state index contributed by atoms with van der Waals surface area (Å²) >= 11 is 0. The number of halogens is 2. The van der Waals surface area contributed by atoms with E-state index in [9.17, 15) is 13.6 Å². The lowest BCUT2D eigenvalue weighted by Crippen LogP contribution is -2.31. The molecule has 0 amide bonds. The molecule has 0 saturated heterocycles. The summed E-state index contributed by atoms with van der Waals surface area (Å²) in [6.45, 7) is 0.527. The molecule has 0 radical (unpaired) electrons. The number of rotatable bonds is 4. The van der Waals surface area contributed by atoms with E-state index in [4.69, 9.17) is 0 Å². The molecule has 0 aliphatic rings. The van der Waals surface area contributed by atoms with Crippen molar-refractivity contribution in [2.45, 2.75) is 0 Å². The van der Waals surface area contributed by atoms with Crippen LogP contribution in [-0.2, 0) is 9.53 Å². The van der Waals surface area contributed by atoms with Crippen molar-refractivity contribution in [1.82, 2.24) is 4.90 Å². The Hall–Kier alpha value is -3.15. The van der Waals surface area contributed by atoms with Gasteiger partial charge in [-0.05, 0) is 36.4 Å². The second-order valence-electron chi connectivity index (χ2n) is 5.35. The molecule has 0 unspecified atom stereocenters. The maximum atomic E-state index is 13.1. The fourth-order valence-corrected chi connectivity index (χ4v) is 2.05. The van der Waals surface area contributed by atoms with E-state index in [2.05, 4.69) is 28.4 Å². The number of methoxy groups -OCH3 is 1. The van der Waals surface area contributed by atoms with Crippen LogP contribution >= 0.6 is 0 Å². The number of carbonyl (C=O) groups is 1. The molecule has 2 rings (SSSR count). The standard InChI is InChI=1S/C21H17F2NO2/c1-26-21(25)16-24(12-4-8-17-6-2-10-19(22)14-17)13-5-9-18-7-3-11-20(23)15-18/h2-3,6-7,10-11,14-15H,12-13,16H2,1H3. The van der Waals surface area contributed by atoms with E-state index < -0.39 is 5.97 Å². The molecule has 0 aliphatic heterocycles. The van der Waals surface area contributed by atoms with Gasteiger partial charge < -0.3 is 4.74 Å². The molecule has 2 aromatic carbocycles. The lowest BCUT2D eigenvalue weighted by molar-refractivity contribution is -0.141. The van der Waals surface area contributed by atoms with E-state index in [0.717, 1.165) is 0 Å². The molecule has 0 heterocycles. The van der Waals surface area contributed by atoms with Crippen molar-refractivity contribution in [3.63, 3.8) is 0 Å². The molecule has 0 spiro atoms. The lowest BCUT2D eigenvalue weighted by atomic mass is 10.2. The van der Waals surface area contributed by atoms with E-state index in [1.165, 1.54) is 31.4 Å². The van der Waals surface area contributed by atoms with Crippen LogP contribution in [0.5, 0.6) is 0 Å². The number of esters is 1. The number of ether oxygens (including phenoxy) is 1. The van der Waals surface area contributed by atoms with Gasteiger partial charge in [0.15, 0.2) is 0 Å². The smallest absolute Gasteiger partial charge is 0.319 e. The summed E-state index contributed by atoms with van der Waals surface area (Å²) in [7, 11) is 1.30. The van der Waals surface area contributed by atoms with Crippen LogP contribution in [-0.4, -0.2) is 37.6 Å². The Kier molecular flexibility index (Phi) is 7.36. The molecule has 2 aromatic rings. The molecule has 0 atom stereocenters. The van der Waals surface area contributed by atoms with Crippen molar-refractivity contribution in [2.24, 2.45) is 0 Å². The highest BCUT2D eigenvalue weighted by atomic mass is 19.1. The third-order valence-electron chi connectivity index (χ3n) is 3.30. The van der Waals surface area contributed by atoms with Gasteiger partial charge in [-0.1, -0.05) is 35.8 Å². The van der Waals surface area contributed by atoms with Gasteiger partial charge in [-0.3, -0.25) is 9.69 Å². The molecule has 0 bridgehead atoms. The summed E-state index contributed by atoms with van der Waals surface area (Å²) < 4.78 is 31.0. The van der Waals surface area contributed by atoms with Crippen molar-refractivity contribution in [1.29, 1.82) is 0 Å². The fourth-order valence-electron chi connectivity index (χ4n) is 2.05. The Labute approximate surface area is 151 Å². The Balaban J connectivity index is 2.03. The van der Waals surface area contributed by atoms with E-state index >= 15 is 0 Å². The van der Waals surface area contributed by atoms with Crippen LogP contribution < -0.4 is 0 Å². The first-order valence-corrected chi connectivity index (χ1v) is 7.85. The van der Waals surface area contributed by atoms with Gasteiger partial charge in [0, 0.05) is 11.1 Å². The van der Waals surface area contributed by atoms with Gasteiger partial charge in [0.25, 0.3) is 0 Å². The molecule has 0 aliphatic carbocycles. The fraction of sp³-hybridized carbons (Fsp3) is 0.190. The van der Waals surface area contributed by atoms with Crippen molar-refractivity contribution in [3.8, 4) is 23.7 Å². The number of hydrogen-bond donors (Lipinski definition) is 0. The van der Waals surface area contributed by atoms with E-state index in [-0.39, 0.29) is 31.3 Å². The first-order valence-electron chi connectivity index (χ1n) is 7.85. The second-order valence-corrected chi connectivity index (χ2v) is 5.35. The Morgan fingerprint density at radius 1 is 0.962 bits per heavy atom. The zero-order valence-corrected chi connectivity index (χ0v) is 14.3. The zero-order chi connectivity index (χ0) is 18.8. The summed E-state index contributed by atoms with van der Waals surface area (Å²) in [4.78, 5) is 13.2. The zero-order valence-electron chi connectivity index (χ0n) is 14.3. The molecular formula is C21H17F2NO2. The second kappa shape index (κ2) is 9.98. The van der Waals surface area contributed by atoms with Crippen LogP contribution in [0.2, 0.25) is 0 Å². The summed E-state index contributed by atoms with van der Waals surface area (Å²) in [5.74, 6) is 10.3. The highest BCUT2D eigenvalue weighted by molar-refractivity contribution is 5.71. The van der Waals surface area contributed by atoms with Crippen molar-refractivity contribution < 1.29 is 18.3 Å². The van der Waals surface area contributed by atoms with E-state index in [1.54, 1.807) is 29.2 Å². The molecule has 0 N–H and O–H groups in total. The first-order chi connectivity index (χ1) is 12.6. The topological polar surface area (TPSA) is 29.5 Å². The van der Waals surface area contributed by atoms with E-state index in [1.807, 2.05) is 0 Å². The van der Waals surface area contributed by atoms with Crippen LogP contribution in [0, 0.1) is 35.3 Å². The number of nitrogens with zero attached hydrogens (tertiary/aromatic N) is 1. The minimum atomic E-state index is -0.412. The van der Waals surface area contributed by atoms with Gasteiger partial charge in [-0.15, -0.1) is 0 Å². The quantitative estimate of drug-likeness (QED) is 0.625. The lowest BCUT2D eigenvalue weighted by Gasteiger charge is -2.14. The van der Waals surface area contributed by atoms with Crippen LogP contribution in [0.1, 0.15) is 11.1 Å². The van der Waals surface area contributed by atoms with Gasteiger partial charge in [-0.25, -0.2) is 8.78 Å². The molecule has 3 nitrogen and oxygen atoms in total. The molecular weight excluding hydrogens is 336 g/mol. The third-order valence-corrected chi connectivity index (χ3v) is 3.30. The van der Waals surface area contributed by atoms with Gasteiger partial charge in [0.1, 0.15) is 11.6 Å². The molecule has 26 heavy (non-hydrogen) atoms. The van der Waals surface area contributed by atoms with Crippen LogP contribution in [0.4, 0.5) is 8.78 Å². The van der Waals surface area contributed by atoms with Crippen LogP contribution in [0.25, 0.3) is 0 Å². The maximum Gasteiger partial charge on any atom is 0.319 e. The van der Waals surface area contributed by atoms with Crippen molar-refractivity contribution in [3.05, 3.63) is 71.3 Å². The summed E-state index contributed by atoms with van der Waals surface area (Å²) in [6, 6.07) is 11.9. The predicted molar refractivity (Wildman–Crippen MR) is 95.0 cm³/mol. The Bertz CT molecular complexity index is 822. The third kappa shape index (κ3) is 6.76. The predicted octanol–water partition coefficient (Wildman–Crippen LogP) is 2.84. The largest absolute Gasteiger partial charge is 0.468 e. The van der Waals surface area contributed by atoms with Gasteiger partial charge >= 0.3 is 5.97 Å². The molecule has 132 valence electrons. The molecule has 0 saturated carbocycles. The Morgan fingerprint density at radius 2 is 1.46 bits per heavy atom. The molecule has 0 aromatic heterocycles. The van der Waals surface area contributed by atoms with Crippen molar-refractivity contribution >= 4 is 5.97 Å². The Morgan fingerprint density at radius 3 is 1.88 bits per heavy atom. The average Bonchev–Trinajstić information content (AvgIpc) is 2.61. The number of hydrogen-bond acceptors (Lipinski definition) is 3. The maximum absolute atomic E-state index is 13.1. The number of carbonyl (C=O) groups excluding carboxylic acids is 1. The van der Waals surface area contributed by atoms with Gasteiger partial charge in [0.2, 0.25) is 0 Å². The van der Waals surface area contributed by atoms with Gasteiger partial charge in [-0.2, -0.15) is 0 Å². The minimum absolute atomic E-state index is 0.0200. The summed E-state index contributed by atoms with van der Waals surface area (Å²) in [6.07, 6.45) is 0. The minimum Gasteiger partial charge on any atom is -0.468 e. The highest BCUT2D eigenvalue weighted by Gasteiger charge is 2.08. The van der Waals surface area contributed by atoms with Crippen LogP contribution in [0.15, 0.2) is 48.5 Å². The SMILES string of the molecule is COC(=O)CN(CC#Cc1cccc(F)c1)CC#Cc1cccc(F)c1. The monoisotopic (exact) mass is 353 g/mol. The summed E-state index contributed by atoms with van der Waals surface area (Å²) in [5.41, 5.74) is 1.10. The molecule has 0 fully saturated rings. The van der Waals surface area contributed by atoms with Gasteiger partial charge in [0.05, 0.1) is 26.7 Å². The normalized spacial score (nSPS) is 9.69. The van der Waals surface area contributed by atoms with Crippen molar-refractivity contribution in [2.75, 3.05) is 26.7 Å². The van der Waals surface area contributed by atoms with E-state index in [0.29, 0.717) is 11.1 Å². The average molecular weight is 353 g/mol. The molecule has 5 heteroatoms. The summed E-state index contributed by atoms with van der Waals surface area (Å²) in [5, 5.41) is 0. The highest BCUT2D eigenvalue weighted by Crippen LogP contribution is 2.02. The van der Waals surface area contributed by atoms with Crippen LogP contribution in [0.3, 0.4) is 0 Å². The first kappa shape index (κ1) is 19.2.